The van der Waals surface area contributed by atoms with E-state index in [-0.39, 0.29) is 35.6 Å². The maximum atomic E-state index is 13.7. The molecule has 1 aromatic heterocycles. The molecule has 3 rings (SSSR count). The molecule has 15 heteroatoms. The number of rotatable bonds is 15. The first-order valence-electron chi connectivity index (χ1n) is 12.9. The van der Waals surface area contributed by atoms with Crippen LogP contribution >= 0.6 is 0 Å². The maximum absolute atomic E-state index is 13.7. The van der Waals surface area contributed by atoms with Gasteiger partial charge in [0.2, 0.25) is 35.3 Å². The first kappa shape index (κ1) is 32.2. The second kappa shape index (κ2) is 15.1. The lowest BCUT2D eigenvalue weighted by Gasteiger charge is -2.22. The number of nitrogens with one attached hydrogen (secondary N) is 5. The monoisotopic (exact) mass is 597 g/mol. The summed E-state index contributed by atoms with van der Waals surface area (Å²) in [6.07, 6.45) is -0.431. The molecule has 2 aromatic carbocycles. The van der Waals surface area contributed by atoms with Crippen LogP contribution < -0.4 is 36.7 Å². The molecule has 1 atom stereocenters. The molecule has 15 nitrogen and oxygen atoms in total. The van der Waals surface area contributed by atoms with Gasteiger partial charge in [-0.25, -0.2) is 0 Å². The highest BCUT2D eigenvalue weighted by Crippen LogP contribution is 2.36. The molecule has 0 bridgehead atoms. The summed E-state index contributed by atoms with van der Waals surface area (Å²) in [7, 11) is 0. The van der Waals surface area contributed by atoms with Crippen molar-refractivity contribution in [2.75, 3.05) is 32.7 Å². The number of hydrogen-bond donors (Lipinski definition) is 7. The molecular weight excluding hydrogens is 566 g/mol. The van der Waals surface area contributed by atoms with Gasteiger partial charge in [-0.3, -0.25) is 29.8 Å². The highest BCUT2D eigenvalue weighted by molar-refractivity contribution is 5.88. The molecule has 228 valence electrons. The number of aryl methyl sites for hydroxylation is 2. The minimum atomic E-state index is -1.40. The third-order valence-electron chi connectivity index (χ3n) is 6.03. The average molecular weight is 598 g/mol. The van der Waals surface area contributed by atoms with Crippen molar-refractivity contribution < 1.29 is 43.3 Å². The van der Waals surface area contributed by atoms with Crippen molar-refractivity contribution in [2.45, 2.75) is 20.2 Å². The Balaban J connectivity index is 1.97. The van der Waals surface area contributed by atoms with Crippen LogP contribution in [0.25, 0.3) is 22.3 Å². The van der Waals surface area contributed by atoms with E-state index in [1.165, 1.54) is 0 Å². The minimum Gasteiger partial charge on any atom is -0.508 e. The highest BCUT2D eigenvalue weighted by Gasteiger charge is 2.24. The summed E-state index contributed by atoms with van der Waals surface area (Å²) < 4.78 is 11.9. The number of phenolic OH excluding ortho intramolecular Hbond substituents is 2. The number of aromatic hydroxyl groups is 2. The molecule has 1 heterocycles. The van der Waals surface area contributed by atoms with Gasteiger partial charge in [0.25, 0.3) is 0 Å². The quantitative estimate of drug-likeness (QED) is 0.0834. The number of benzene rings is 2. The standard InChI is InChI=1S/C28H31N5O10/c1-15-3-4-17(9-16(15)2)26-27(25(41)24-19(37)10-18(36)11-20(24)42-26)43-28(32-13-22(39)30-6-8-35)33-14-23(40)31-12-21(38)29-5-7-34/h3-4,7-11,28,32-33,36-37H,5-6,12-14H2,1-2H3,(H,29,38)(H,30,39)(H,31,40). The van der Waals surface area contributed by atoms with E-state index in [1.807, 2.05) is 13.8 Å². The molecule has 0 aliphatic heterocycles. The van der Waals surface area contributed by atoms with E-state index < -0.39 is 60.6 Å². The predicted octanol–water partition coefficient (Wildman–Crippen LogP) is -0.924. The van der Waals surface area contributed by atoms with Crippen LogP contribution in [0.2, 0.25) is 0 Å². The van der Waals surface area contributed by atoms with Crippen LogP contribution in [0.4, 0.5) is 0 Å². The van der Waals surface area contributed by atoms with Crippen LogP contribution in [0.3, 0.4) is 0 Å². The van der Waals surface area contributed by atoms with Crippen LogP contribution in [0.5, 0.6) is 17.2 Å². The van der Waals surface area contributed by atoms with Crippen molar-refractivity contribution in [3.8, 4) is 28.6 Å². The third-order valence-corrected chi connectivity index (χ3v) is 6.03. The Morgan fingerprint density at radius 1 is 0.860 bits per heavy atom. The van der Waals surface area contributed by atoms with E-state index in [9.17, 15) is 39.0 Å². The van der Waals surface area contributed by atoms with E-state index in [4.69, 9.17) is 9.15 Å². The second-order valence-corrected chi connectivity index (χ2v) is 9.20. The zero-order chi connectivity index (χ0) is 31.5. The first-order chi connectivity index (χ1) is 20.5. The van der Waals surface area contributed by atoms with Crippen molar-refractivity contribution in [3.05, 3.63) is 51.7 Å². The van der Waals surface area contributed by atoms with Gasteiger partial charge in [-0.05, 0) is 31.0 Å². The van der Waals surface area contributed by atoms with Crippen molar-refractivity contribution in [3.63, 3.8) is 0 Å². The minimum absolute atomic E-state index is 0.0686. The van der Waals surface area contributed by atoms with Gasteiger partial charge in [0.05, 0.1) is 32.7 Å². The smallest absolute Gasteiger partial charge is 0.239 e. The molecule has 0 saturated carbocycles. The Hall–Kier alpha value is -5.28. The molecule has 0 saturated heterocycles. The van der Waals surface area contributed by atoms with E-state index in [0.29, 0.717) is 18.1 Å². The number of carbonyl (C=O) groups excluding carboxylic acids is 5. The van der Waals surface area contributed by atoms with Crippen LogP contribution in [0.15, 0.2) is 39.5 Å². The Bertz CT molecular complexity index is 1590. The Morgan fingerprint density at radius 3 is 2.07 bits per heavy atom. The lowest BCUT2D eigenvalue weighted by Crippen LogP contribution is -2.53. The van der Waals surface area contributed by atoms with Crippen LogP contribution in [-0.4, -0.2) is 79.6 Å². The molecule has 0 aliphatic rings. The number of ether oxygens (including phenoxy) is 1. The summed E-state index contributed by atoms with van der Waals surface area (Å²) in [6.45, 7) is 1.97. The normalized spacial score (nSPS) is 11.4. The summed E-state index contributed by atoms with van der Waals surface area (Å²) >= 11 is 0. The average Bonchev–Trinajstić information content (AvgIpc) is 2.97. The largest absolute Gasteiger partial charge is 0.508 e. The number of carbonyl (C=O) groups is 5. The summed E-state index contributed by atoms with van der Waals surface area (Å²) in [6, 6.07) is 7.32. The van der Waals surface area contributed by atoms with Gasteiger partial charge < -0.3 is 44.9 Å². The third kappa shape index (κ3) is 8.85. The second-order valence-electron chi connectivity index (χ2n) is 9.20. The zero-order valence-corrected chi connectivity index (χ0v) is 23.3. The van der Waals surface area contributed by atoms with E-state index >= 15 is 0 Å². The Labute approximate surface area is 244 Å². The number of hydrogen-bond acceptors (Lipinski definition) is 12. The van der Waals surface area contributed by atoms with Gasteiger partial charge in [0.1, 0.15) is 35.0 Å². The lowest BCUT2D eigenvalue weighted by atomic mass is 10.0. The Kier molecular flexibility index (Phi) is 11.3. The predicted molar refractivity (Wildman–Crippen MR) is 152 cm³/mol. The van der Waals surface area contributed by atoms with Crippen LogP contribution in [0, 0.1) is 13.8 Å². The fourth-order valence-corrected chi connectivity index (χ4v) is 3.77. The molecule has 0 fully saturated rings. The summed E-state index contributed by atoms with van der Waals surface area (Å²) in [5.41, 5.74) is 1.29. The van der Waals surface area contributed by atoms with E-state index in [0.717, 1.165) is 23.3 Å². The van der Waals surface area contributed by atoms with E-state index in [1.54, 1.807) is 18.2 Å². The Morgan fingerprint density at radius 2 is 1.47 bits per heavy atom. The molecule has 3 amide bonds. The highest BCUT2D eigenvalue weighted by atomic mass is 16.5. The summed E-state index contributed by atoms with van der Waals surface area (Å²) in [5.74, 6) is -3.26. The SMILES string of the molecule is Cc1ccc(-c2oc3cc(O)cc(O)c3c(=O)c2OC(NCC(=O)NCC=O)NCC(=O)NCC(=O)NCC=O)cc1C. The molecule has 43 heavy (non-hydrogen) atoms. The number of aldehydes is 2. The lowest BCUT2D eigenvalue weighted by molar-refractivity contribution is -0.126. The van der Waals surface area contributed by atoms with Gasteiger partial charge in [-0.15, -0.1) is 0 Å². The van der Waals surface area contributed by atoms with Crippen molar-refractivity contribution in [1.82, 2.24) is 26.6 Å². The summed E-state index contributed by atoms with van der Waals surface area (Å²) in [4.78, 5) is 70.8. The molecule has 0 spiro atoms. The fraction of sp³-hybridized carbons (Fsp3) is 0.286. The molecule has 0 aliphatic carbocycles. The topological polar surface area (TPSA) is 225 Å². The number of phenols is 2. The van der Waals surface area contributed by atoms with Gasteiger partial charge in [-0.1, -0.05) is 12.1 Å². The fourth-order valence-electron chi connectivity index (χ4n) is 3.77. The molecule has 7 N–H and O–H groups in total. The first-order valence-corrected chi connectivity index (χ1v) is 12.9. The van der Waals surface area contributed by atoms with Crippen molar-refractivity contribution >= 4 is 41.3 Å². The molecule has 3 aromatic rings. The number of fused-ring (bicyclic) bond motifs is 1. The number of amides is 3. The summed E-state index contributed by atoms with van der Waals surface area (Å²) in [5, 5.41) is 32.4. The van der Waals surface area contributed by atoms with Gasteiger partial charge in [-0.2, -0.15) is 0 Å². The van der Waals surface area contributed by atoms with E-state index in [2.05, 4.69) is 26.6 Å². The molecular formula is C28H31N5O10. The van der Waals surface area contributed by atoms with Crippen molar-refractivity contribution in [1.29, 1.82) is 0 Å². The van der Waals surface area contributed by atoms with Gasteiger partial charge in [0, 0.05) is 17.7 Å². The molecule has 1 unspecified atom stereocenters. The molecule has 0 radical (unpaired) electrons. The van der Waals surface area contributed by atoms with Crippen LogP contribution in [-0.2, 0) is 24.0 Å². The van der Waals surface area contributed by atoms with Gasteiger partial charge >= 0.3 is 0 Å². The van der Waals surface area contributed by atoms with Gasteiger partial charge in [0.15, 0.2) is 5.76 Å². The van der Waals surface area contributed by atoms with Crippen molar-refractivity contribution in [2.24, 2.45) is 0 Å². The maximum Gasteiger partial charge on any atom is 0.239 e. The van der Waals surface area contributed by atoms with Crippen LogP contribution in [0.1, 0.15) is 11.1 Å². The zero-order valence-electron chi connectivity index (χ0n) is 23.3.